The number of anilines is 2. The number of aliphatic imine (C=N–C) groups is 1. The van der Waals surface area contributed by atoms with Crippen molar-refractivity contribution in [3.63, 3.8) is 0 Å². The Morgan fingerprint density at radius 1 is 1.17 bits per heavy atom. The number of aryl methyl sites for hydroxylation is 1. The Balaban J connectivity index is 1.61. The van der Waals surface area contributed by atoms with Gasteiger partial charge < -0.3 is 15.3 Å². The van der Waals surface area contributed by atoms with Crippen LogP contribution in [0.5, 0.6) is 0 Å². The SMILES string of the molecule is Cc1cc(-c2cc(N(C(=O)C3CCC(C)CC3)C(C)C)c(C(=O)O)s2)cnc1NC(=O)C1CSC=N1. The van der Waals surface area contributed by atoms with Gasteiger partial charge in [-0.1, -0.05) is 6.92 Å². The minimum Gasteiger partial charge on any atom is -0.477 e. The fourth-order valence-electron chi connectivity index (χ4n) is 4.69. The maximum absolute atomic E-state index is 13.6. The van der Waals surface area contributed by atoms with Gasteiger partial charge >= 0.3 is 5.97 Å². The lowest BCUT2D eigenvalue weighted by atomic mass is 9.82. The average molecular weight is 529 g/mol. The van der Waals surface area contributed by atoms with Gasteiger partial charge in [0.25, 0.3) is 5.91 Å². The zero-order valence-corrected chi connectivity index (χ0v) is 22.6. The lowest BCUT2D eigenvalue weighted by Crippen LogP contribution is -2.42. The van der Waals surface area contributed by atoms with E-state index in [4.69, 9.17) is 0 Å². The first-order chi connectivity index (χ1) is 17.2. The predicted molar refractivity (Wildman–Crippen MR) is 146 cm³/mol. The van der Waals surface area contributed by atoms with Crippen LogP contribution >= 0.6 is 23.1 Å². The number of thioether (sulfide) groups is 1. The summed E-state index contributed by atoms with van der Waals surface area (Å²) in [5, 5.41) is 12.8. The Bertz CT molecular complexity index is 1180. The van der Waals surface area contributed by atoms with Gasteiger partial charge in [0.2, 0.25) is 5.91 Å². The molecule has 2 aromatic rings. The van der Waals surface area contributed by atoms with Crippen molar-refractivity contribution in [3.05, 3.63) is 28.8 Å². The van der Waals surface area contributed by atoms with Crippen LogP contribution in [0.25, 0.3) is 10.4 Å². The van der Waals surface area contributed by atoms with Crippen LogP contribution in [0.3, 0.4) is 0 Å². The number of thiophene rings is 1. The van der Waals surface area contributed by atoms with E-state index in [2.05, 4.69) is 22.2 Å². The molecule has 36 heavy (non-hydrogen) atoms. The number of carboxylic acid groups (broad SMARTS) is 1. The van der Waals surface area contributed by atoms with Crippen LogP contribution in [-0.4, -0.2) is 51.3 Å². The number of pyridine rings is 1. The maximum atomic E-state index is 13.6. The van der Waals surface area contributed by atoms with E-state index < -0.39 is 12.0 Å². The number of rotatable bonds is 7. The summed E-state index contributed by atoms with van der Waals surface area (Å²) in [6.45, 7) is 7.90. The van der Waals surface area contributed by atoms with E-state index in [9.17, 15) is 19.5 Å². The summed E-state index contributed by atoms with van der Waals surface area (Å²) in [5.41, 5.74) is 3.62. The summed E-state index contributed by atoms with van der Waals surface area (Å²) in [7, 11) is 0. The van der Waals surface area contributed by atoms with Crippen LogP contribution in [0.15, 0.2) is 23.3 Å². The van der Waals surface area contributed by atoms with Gasteiger partial charge in [-0.15, -0.1) is 23.1 Å². The molecule has 0 spiro atoms. The van der Waals surface area contributed by atoms with E-state index in [1.54, 1.807) is 22.7 Å². The van der Waals surface area contributed by atoms with Crippen molar-refractivity contribution in [3.8, 4) is 10.4 Å². The van der Waals surface area contributed by atoms with E-state index in [1.807, 2.05) is 26.8 Å². The molecule has 2 aromatic heterocycles. The first kappa shape index (κ1) is 26.3. The lowest BCUT2D eigenvalue weighted by Gasteiger charge is -2.33. The van der Waals surface area contributed by atoms with Gasteiger partial charge in [0.15, 0.2) is 0 Å². The number of carboxylic acids is 1. The van der Waals surface area contributed by atoms with Crippen molar-refractivity contribution in [2.45, 2.75) is 65.5 Å². The highest BCUT2D eigenvalue weighted by atomic mass is 32.2. The van der Waals surface area contributed by atoms with Crippen molar-refractivity contribution in [1.29, 1.82) is 0 Å². The van der Waals surface area contributed by atoms with Gasteiger partial charge in [0.05, 0.1) is 11.2 Å². The molecule has 4 rings (SSSR count). The van der Waals surface area contributed by atoms with Crippen LogP contribution < -0.4 is 10.2 Å². The summed E-state index contributed by atoms with van der Waals surface area (Å²) < 4.78 is 0. The van der Waals surface area contributed by atoms with Gasteiger partial charge in [-0.25, -0.2) is 9.78 Å². The Morgan fingerprint density at radius 2 is 1.89 bits per heavy atom. The van der Waals surface area contributed by atoms with Crippen molar-refractivity contribution in [1.82, 2.24) is 4.98 Å². The third kappa shape index (κ3) is 5.64. The summed E-state index contributed by atoms with van der Waals surface area (Å²) in [5.74, 6) is 0.361. The molecule has 2 amide bonds. The molecule has 1 saturated carbocycles. The highest BCUT2D eigenvalue weighted by Crippen LogP contribution is 2.40. The number of aromatic nitrogens is 1. The van der Waals surface area contributed by atoms with Gasteiger partial charge in [-0.2, -0.15) is 0 Å². The van der Waals surface area contributed by atoms with Crippen molar-refractivity contribution in [2.75, 3.05) is 16.0 Å². The summed E-state index contributed by atoms with van der Waals surface area (Å²) in [4.78, 5) is 49.3. The normalized spacial score (nSPS) is 21.5. The Kier molecular flexibility index (Phi) is 8.14. The molecule has 1 aliphatic heterocycles. The van der Waals surface area contributed by atoms with E-state index in [1.165, 1.54) is 11.8 Å². The third-order valence-electron chi connectivity index (χ3n) is 6.76. The predicted octanol–water partition coefficient (Wildman–Crippen LogP) is 5.47. The number of carbonyl (C=O) groups excluding carboxylic acids is 2. The topological polar surface area (TPSA) is 112 Å². The molecule has 3 heterocycles. The zero-order valence-electron chi connectivity index (χ0n) is 21.0. The molecule has 0 aromatic carbocycles. The first-order valence-electron chi connectivity index (χ1n) is 12.3. The van der Waals surface area contributed by atoms with Gasteiger partial charge in [-0.3, -0.25) is 14.6 Å². The fourth-order valence-corrected chi connectivity index (χ4v) is 6.40. The molecule has 2 N–H and O–H groups in total. The first-order valence-corrected chi connectivity index (χ1v) is 14.1. The molecule has 10 heteroatoms. The fraction of sp³-hybridized carbons (Fsp3) is 0.500. The van der Waals surface area contributed by atoms with Crippen molar-refractivity contribution in [2.24, 2.45) is 16.8 Å². The quantitative estimate of drug-likeness (QED) is 0.493. The van der Waals surface area contributed by atoms with Crippen LogP contribution in [0.1, 0.15) is 61.7 Å². The van der Waals surface area contributed by atoms with Gasteiger partial charge in [0.1, 0.15) is 16.7 Å². The Hall–Kier alpha value is -2.72. The smallest absolute Gasteiger partial charge is 0.348 e. The minimum atomic E-state index is -1.06. The highest BCUT2D eigenvalue weighted by molar-refractivity contribution is 8.12. The van der Waals surface area contributed by atoms with E-state index >= 15 is 0 Å². The zero-order chi connectivity index (χ0) is 26.0. The Morgan fingerprint density at radius 3 is 2.47 bits per heavy atom. The summed E-state index contributed by atoms with van der Waals surface area (Å²) in [6, 6.07) is 3.07. The molecule has 1 fully saturated rings. The maximum Gasteiger partial charge on any atom is 0.348 e. The molecule has 0 radical (unpaired) electrons. The molecular weight excluding hydrogens is 496 g/mol. The standard InChI is InChI=1S/C26H32N4O4S2/c1-14(2)30(25(32)17-7-5-15(3)6-8-17)20-10-21(36-22(20)26(33)34)18-9-16(4)23(27-11-18)29-24(31)19-12-35-13-28-19/h9-11,13-15,17,19H,5-8,12H2,1-4H3,(H,33,34)(H,27,29,31). The average Bonchev–Trinajstić information content (AvgIpc) is 3.51. The number of aromatic carboxylic acids is 1. The largest absolute Gasteiger partial charge is 0.477 e. The minimum absolute atomic E-state index is 0.00357. The van der Waals surface area contributed by atoms with E-state index in [-0.39, 0.29) is 28.7 Å². The highest BCUT2D eigenvalue weighted by Gasteiger charge is 2.33. The second kappa shape index (κ2) is 11.1. The van der Waals surface area contributed by atoms with E-state index in [0.29, 0.717) is 28.1 Å². The van der Waals surface area contributed by atoms with Crippen LogP contribution in [0, 0.1) is 18.8 Å². The van der Waals surface area contributed by atoms with Crippen LogP contribution in [-0.2, 0) is 9.59 Å². The molecule has 8 nitrogen and oxygen atoms in total. The monoisotopic (exact) mass is 528 g/mol. The van der Waals surface area contributed by atoms with E-state index in [0.717, 1.165) is 48.1 Å². The lowest BCUT2D eigenvalue weighted by molar-refractivity contribution is -0.124. The van der Waals surface area contributed by atoms with Crippen LogP contribution in [0.4, 0.5) is 11.5 Å². The number of hydrogen-bond acceptors (Lipinski definition) is 7. The molecule has 0 bridgehead atoms. The summed E-state index contributed by atoms with van der Waals surface area (Å²) >= 11 is 2.64. The number of nitrogens with one attached hydrogen (secondary N) is 1. The second-order valence-corrected chi connectivity index (χ2v) is 11.8. The van der Waals surface area contributed by atoms with Crippen molar-refractivity contribution >= 4 is 57.9 Å². The third-order valence-corrected chi connectivity index (χ3v) is 8.70. The van der Waals surface area contributed by atoms with Gasteiger partial charge in [0, 0.05) is 34.4 Å². The molecule has 192 valence electrons. The second-order valence-electron chi connectivity index (χ2n) is 9.87. The Labute approximate surface area is 219 Å². The number of carbonyl (C=O) groups is 3. The molecule has 1 unspecified atom stereocenters. The number of nitrogens with zero attached hydrogens (tertiary/aromatic N) is 3. The van der Waals surface area contributed by atoms with Gasteiger partial charge in [-0.05, 0) is 70.1 Å². The molecule has 1 atom stereocenters. The molecule has 0 saturated heterocycles. The number of hydrogen-bond donors (Lipinski definition) is 2. The number of amides is 2. The molecular formula is C26H32N4O4S2. The molecule has 2 aliphatic rings. The van der Waals surface area contributed by atoms with Crippen LogP contribution in [0.2, 0.25) is 0 Å². The summed E-state index contributed by atoms with van der Waals surface area (Å²) in [6.07, 6.45) is 5.33. The molecule has 1 aliphatic carbocycles. The van der Waals surface area contributed by atoms with Crippen molar-refractivity contribution < 1.29 is 19.5 Å².